The molecule has 5 nitrogen and oxygen atoms in total. The quantitative estimate of drug-likeness (QED) is 0.663. The van der Waals surface area contributed by atoms with E-state index in [1.165, 1.54) is 0 Å². The van der Waals surface area contributed by atoms with Crippen LogP contribution in [0, 0.1) is 11.8 Å². The number of piperazine rings is 1. The lowest BCUT2D eigenvalue weighted by Gasteiger charge is -2.35. The van der Waals surface area contributed by atoms with Gasteiger partial charge in [0.05, 0.1) is 0 Å². The average Bonchev–Trinajstić information content (AvgIpc) is 2.72. The molecule has 0 aromatic heterocycles. The van der Waals surface area contributed by atoms with Gasteiger partial charge in [0.15, 0.2) is 0 Å². The molecule has 1 saturated heterocycles. The first kappa shape index (κ1) is 19.2. The first-order chi connectivity index (χ1) is 13.5. The number of carbonyl (C=O) groups is 2. The van der Waals surface area contributed by atoms with Gasteiger partial charge in [-0.25, -0.2) is 4.79 Å². The molecule has 1 fully saturated rings. The van der Waals surface area contributed by atoms with Gasteiger partial charge in [0.1, 0.15) is 0 Å². The Labute approximate surface area is 164 Å². The Kier molecular flexibility index (Phi) is 6.13. The number of benzene rings is 2. The fourth-order valence-electron chi connectivity index (χ4n) is 3.02. The van der Waals surface area contributed by atoms with E-state index in [0.29, 0.717) is 0 Å². The van der Waals surface area contributed by atoms with Crippen molar-refractivity contribution in [3.63, 3.8) is 0 Å². The maximum Gasteiger partial charge on any atom is 0.328 e. The Balaban J connectivity index is 1.61. The molecule has 0 aliphatic carbocycles. The Morgan fingerprint density at radius 3 is 1.93 bits per heavy atom. The molecule has 0 bridgehead atoms. The van der Waals surface area contributed by atoms with E-state index >= 15 is 0 Å². The topological polar surface area (TPSA) is 60.9 Å². The molecule has 2 aromatic rings. The van der Waals surface area contributed by atoms with Crippen molar-refractivity contribution < 1.29 is 14.7 Å². The van der Waals surface area contributed by atoms with Gasteiger partial charge < -0.3 is 14.9 Å². The number of carboxylic acids is 1. The summed E-state index contributed by atoms with van der Waals surface area (Å²) >= 11 is 0. The molecular weight excluding hydrogens is 352 g/mol. The summed E-state index contributed by atoms with van der Waals surface area (Å²) in [5.74, 6) is 5.44. The highest BCUT2D eigenvalue weighted by Crippen LogP contribution is 2.17. The van der Waals surface area contributed by atoms with Crippen LogP contribution in [0.3, 0.4) is 0 Å². The first-order valence-corrected chi connectivity index (χ1v) is 9.15. The van der Waals surface area contributed by atoms with Gasteiger partial charge in [-0.1, -0.05) is 24.0 Å². The normalized spacial score (nSPS) is 13.9. The summed E-state index contributed by atoms with van der Waals surface area (Å²) in [6, 6.07) is 15.6. The zero-order valence-electron chi connectivity index (χ0n) is 15.8. The van der Waals surface area contributed by atoms with E-state index in [9.17, 15) is 9.59 Å². The van der Waals surface area contributed by atoms with Crippen molar-refractivity contribution >= 4 is 23.6 Å². The number of amides is 1. The van der Waals surface area contributed by atoms with Gasteiger partial charge in [-0.15, -0.1) is 0 Å². The lowest BCUT2D eigenvalue weighted by molar-refractivity contribution is -0.131. The fraction of sp³-hybridized carbons (Fsp3) is 0.217. The van der Waals surface area contributed by atoms with Gasteiger partial charge in [0.25, 0.3) is 0 Å². The lowest BCUT2D eigenvalue weighted by atomic mass is 10.1. The lowest BCUT2D eigenvalue weighted by Crippen LogP contribution is -2.48. The second-order valence-electron chi connectivity index (χ2n) is 6.58. The van der Waals surface area contributed by atoms with Crippen LogP contribution in [0.25, 0.3) is 6.08 Å². The van der Waals surface area contributed by atoms with E-state index in [4.69, 9.17) is 5.11 Å². The molecule has 0 radical (unpaired) electrons. The Morgan fingerprint density at radius 1 is 0.893 bits per heavy atom. The zero-order chi connectivity index (χ0) is 19.9. The van der Waals surface area contributed by atoms with Crippen molar-refractivity contribution in [3.05, 3.63) is 71.3 Å². The molecule has 0 atom stereocenters. The molecule has 2 aromatic carbocycles. The number of hydrogen-bond donors (Lipinski definition) is 1. The third kappa shape index (κ3) is 5.24. The summed E-state index contributed by atoms with van der Waals surface area (Å²) in [4.78, 5) is 26.1. The van der Waals surface area contributed by atoms with E-state index in [1.54, 1.807) is 13.0 Å². The molecule has 0 unspecified atom stereocenters. The Hall–Kier alpha value is -3.52. The van der Waals surface area contributed by atoms with E-state index in [1.807, 2.05) is 41.3 Å². The van der Waals surface area contributed by atoms with Gasteiger partial charge in [0, 0.05) is 56.0 Å². The van der Waals surface area contributed by atoms with Crippen molar-refractivity contribution in [2.75, 3.05) is 31.1 Å². The number of nitrogens with zero attached hydrogens (tertiary/aromatic N) is 2. The van der Waals surface area contributed by atoms with Gasteiger partial charge in [-0.2, -0.15) is 0 Å². The molecule has 1 amide bonds. The van der Waals surface area contributed by atoms with Gasteiger partial charge >= 0.3 is 5.97 Å². The van der Waals surface area contributed by atoms with E-state index in [0.717, 1.165) is 54.6 Å². The minimum absolute atomic E-state index is 0.135. The first-order valence-electron chi connectivity index (χ1n) is 9.15. The molecule has 142 valence electrons. The van der Waals surface area contributed by atoms with E-state index < -0.39 is 5.97 Å². The number of hydrogen-bond acceptors (Lipinski definition) is 3. The van der Waals surface area contributed by atoms with Gasteiger partial charge in [-0.3, -0.25) is 4.79 Å². The smallest absolute Gasteiger partial charge is 0.328 e. The van der Waals surface area contributed by atoms with Crippen LogP contribution in [0.5, 0.6) is 0 Å². The third-order valence-corrected chi connectivity index (χ3v) is 4.64. The predicted molar refractivity (Wildman–Crippen MR) is 110 cm³/mol. The molecule has 1 heterocycles. The van der Waals surface area contributed by atoms with Crippen LogP contribution in [0.1, 0.15) is 23.6 Å². The number of carboxylic acid groups (broad SMARTS) is 1. The number of carbonyl (C=O) groups excluding carboxylic acids is 1. The highest BCUT2D eigenvalue weighted by molar-refractivity contribution is 5.85. The maximum atomic E-state index is 11.4. The summed E-state index contributed by atoms with van der Waals surface area (Å²) in [5.41, 5.74) is 3.77. The molecule has 1 aliphatic heterocycles. The van der Waals surface area contributed by atoms with Crippen molar-refractivity contribution in [2.45, 2.75) is 6.92 Å². The number of anilines is 1. The van der Waals surface area contributed by atoms with Crippen LogP contribution in [-0.2, 0) is 9.59 Å². The summed E-state index contributed by atoms with van der Waals surface area (Å²) in [6.07, 6.45) is 2.66. The molecule has 3 rings (SSSR count). The largest absolute Gasteiger partial charge is 0.478 e. The molecule has 1 N–H and O–H groups in total. The van der Waals surface area contributed by atoms with Crippen LogP contribution in [0.2, 0.25) is 0 Å². The molecule has 28 heavy (non-hydrogen) atoms. The minimum Gasteiger partial charge on any atom is -0.478 e. The summed E-state index contributed by atoms with van der Waals surface area (Å²) in [6.45, 7) is 4.81. The van der Waals surface area contributed by atoms with Crippen LogP contribution in [-0.4, -0.2) is 48.1 Å². The zero-order valence-corrected chi connectivity index (χ0v) is 15.8. The molecule has 1 aliphatic rings. The average molecular weight is 374 g/mol. The van der Waals surface area contributed by atoms with Crippen molar-refractivity contribution in [1.29, 1.82) is 0 Å². The van der Waals surface area contributed by atoms with Gasteiger partial charge in [0.2, 0.25) is 5.91 Å². The van der Waals surface area contributed by atoms with Crippen molar-refractivity contribution in [3.8, 4) is 11.8 Å². The molecule has 5 heteroatoms. The third-order valence-electron chi connectivity index (χ3n) is 4.64. The second-order valence-corrected chi connectivity index (χ2v) is 6.58. The predicted octanol–water partition coefficient (Wildman–Crippen LogP) is 2.85. The second kappa shape index (κ2) is 8.92. The standard InChI is InChI=1S/C23H22N2O3/c1-18(26)24-14-16-25(17-15-24)22-11-8-21(9-12-22)7-4-19-2-5-20(6-3-19)10-13-23(27)28/h2-3,5-6,8-13H,14-17H2,1H3,(H,27,28). The molecular formula is C23H22N2O3. The SMILES string of the molecule is CC(=O)N1CCN(c2ccc(C#Cc3ccc(C=CC(=O)O)cc3)cc2)CC1. The van der Waals surface area contributed by atoms with Crippen LogP contribution in [0.4, 0.5) is 5.69 Å². The fourth-order valence-corrected chi connectivity index (χ4v) is 3.02. The van der Waals surface area contributed by atoms with Crippen LogP contribution < -0.4 is 4.90 Å². The highest BCUT2D eigenvalue weighted by Gasteiger charge is 2.18. The van der Waals surface area contributed by atoms with Crippen molar-refractivity contribution in [2.24, 2.45) is 0 Å². The summed E-state index contributed by atoms with van der Waals surface area (Å²) in [7, 11) is 0. The minimum atomic E-state index is -0.965. The van der Waals surface area contributed by atoms with Crippen molar-refractivity contribution in [1.82, 2.24) is 4.90 Å². The summed E-state index contributed by atoms with van der Waals surface area (Å²) in [5, 5.41) is 8.65. The molecule has 0 saturated carbocycles. The van der Waals surface area contributed by atoms with Crippen LogP contribution >= 0.6 is 0 Å². The maximum absolute atomic E-state index is 11.4. The van der Waals surface area contributed by atoms with Crippen LogP contribution in [0.15, 0.2) is 54.6 Å². The van der Waals surface area contributed by atoms with Gasteiger partial charge in [-0.05, 0) is 48.0 Å². The highest BCUT2D eigenvalue weighted by atomic mass is 16.4. The van der Waals surface area contributed by atoms with E-state index in [2.05, 4.69) is 28.9 Å². The Bertz CT molecular complexity index is 927. The molecule has 0 spiro atoms. The van der Waals surface area contributed by atoms with E-state index in [-0.39, 0.29) is 5.91 Å². The Morgan fingerprint density at radius 2 is 1.43 bits per heavy atom. The monoisotopic (exact) mass is 374 g/mol. The number of rotatable bonds is 3. The number of aliphatic carboxylic acids is 1. The summed E-state index contributed by atoms with van der Waals surface area (Å²) < 4.78 is 0.